The molecule has 2 aromatic carbocycles. The number of sulfone groups is 1. The van der Waals surface area contributed by atoms with Crippen molar-refractivity contribution in [3.05, 3.63) is 53.5 Å². The largest absolute Gasteiger partial charge is 0.223 e. The minimum Gasteiger partial charge on any atom is -0.223 e. The Hall–Kier alpha value is -1.13. The van der Waals surface area contributed by atoms with Crippen molar-refractivity contribution >= 4 is 36.5 Å². The number of rotatable bonds is 3. The topological polar surface area (TPSA) is 34.1 Å². The molecule has 0 atom stereocenters. The van der Waals surface area contributed by atoms with Gasteiger partial charge in [-0.3, -0.25) is 0 Å². The van der Waals surface area contributed by atoms with Crippen molar-refractivity contribution in [2.45, 2.75) is 4.90 Å². The standard InChI is InChI=1S/C13H11BrO2S/c1-2-8-17(15,16)13-5-3-4-10-9-11(14)6-7-12(10)13/h2-7,9H,1,8H2. The average Bonchev–Trinajstić information content (AvgIpc) is 2.27. The maximum Gasteiger partial charge on any atom is 0.182 e. The van der Waals surface area contributed by atoms with Crippen LogP contribution in [0.5, 0.6) is 0 Å². The highest BCUT2D eigenvalue weighted by molar-refractivity contribution is 9.10. The summed E-state index contributed by atoms with van der Waals surface area (Å²) in [5.41, 5.74) is 0. The molecule has 4 heteroatoms. The predicted molar refractivity (Wildman–Crippen MR) is 73.9 cm³/mol. The van der Waals surface area contributed by atoms with Crippen LogP contribution in [0.2, 0.25) is 0 Å². The number of benzene rings is 2. The molecule has 0 radical (unpaired) electrons. The Morgan fingerprint density at radius 1 is 1.24 bits per heavy atom. The van der Waals surface area contributed by atoms with Crippen LogP contribution < -0.4 is 0 Å². The summed E-state index contributed by atoms with van der Waals surface area (Å²) in [6.07, 6.45) is 1.41. The van der Waals surface area contributed by atoms with Crippen LogP contribution in [0.15, 0.2) is 58.4 Å². The lowest BCUT2D eigenvalue weighted by Crippen LogP contribution is -2.04. The monoisotopic (exact) mass is 310 g/mol. The van der Waals surface area contributed by atoms with Crippen molar-refractivity contribution in [3.63, 3.8) is 0 Å². The summed E-state index contributed by atoms with van der Waals surface area (Å²) >= 11 is 3.37. The third-order valence-corrected chi connectivity index (χ3v) is 4.67. The molecular weight excluding hydrogens is 300 g/mol. The molecule has 88 valence electrons. The quantitative estimate of drug-likeness (QED) is 0.812. The van der Waals surface area contributed by atoms with Crippen molar-refractivity contribution in [1.82, 2.24) is 0 Å². The first-order valence-electron chi connectivity index (χ1n) is 5.06. The first-order chi connectivity index (χ1) is 8.04. The van der Waals surface area contributed by atoms with E-state index in [0.29, 0.717) is 4.90 Å². The zero-order valence-corrected chi connectivity index (χ0v) is 11.5. The summed E-state index contributed by atoms with van der Waals surface area (Å²) in [5.74, 6) is -0.0395. The van der Waals surface area contributed by atoms with Crippen LogP contribution in [-0.2, 0) is 9.84 Å². The summed E-state index contributed by atoms with van der Waals surface area (Å²) in [6, 6.07) is 10.8. The van der Waals surface area contributed by atoms with E-state index in [2.05, 4.69) is 22.5 Å². The van der Waals surface area contributed by atoms with Gasteiger partial charge in [0, 0.05) is 9.86 Å². The highest BCUT2D eigenvalue weighted by Gasteiger charge is 2.15. The van der Waals surface area contributed by atoms with Gasteiger partial charge in [-0.05, 0) is 23.6 Å². The lowest BCUT2D eigenvalue weighted by molar-refractivity contribution is 0.600. The van der Waals surface area contributed by atoms with Crippen LogP contribution in [0.4, 0.5) is 0 Å². The molecule has 0 fully saturated rings. The molecule has 0 aliphatic rings. The van der Waals surface area contributed by atoms with E-state index in [-0.39, 0.29) is 5.75 Å². The summed E-state index contributed by atoms with van der Waals surface area (Å²) in [7, 11) is -3.28. The van der Waals surface area contributed by atoms with E-state index in [1.54, 1.807) is 12.1 Å². The van der Waals surface area contributed by atoms with Gasteiger partial charge in [-0.15, -0.1) is 6.58 Å². The van der Waals surface area contributed by atoms with E-state index in [9.17, 15) is 8.42 Å². The normalized spacial score (nSPS) is 11.6. The Morgan fingerprint density at radius 2 is 2.00 bits per heavy atom. The van der Waals surface area contributed by atoms with Gasteiger partial charge in [0.25, 0.3) is 0 Å². The highest BCUT2D eigenvalue weighted by Crippen LogP contribution is 2.26. The van der Waals surface area contributed by atoms with Crippen LogP contribution in [0.25, 0.3) is 10.8 Å². The fourth-order valence-electron chi connectivity index (χ4n) is 1.74. The summed E-state index contributed by atoms with van der Waals surface area (Å²) < 4.78 is 25.0. The third kappa shape index (κ3) is 2.42. The molecule has 0 spiro atoms. The Kier molecular flexibility index (Phi) is 3.35. The second-order valence-corrected chi connectivity index (χ2v) is 6.61. The van der Waals surface area contributed by atoms with E-state index in [1.165, 1.54) is 6.08 Å². The van der Waals surface area contributed by atoms with Crippen LogP contribution in [-0.4, -0.2) is 14.2 Å². The Morgan fingerprint density at radius 3 is 2.71 bits per heavy atom. The van der Waals surface area contributed by atoms with E-state index in [0.717, 1.165) is 15.2 Å². The molecule has 0 N–H and O–H groups in total. The maximum absolute atomic E-state index is 12.0. The minimum atomic E-state index is -3.28. The van der Waals surface area contributed by atoms with Gasteiger partial charge >= 0.3 is 0 Å². The molecule has 0 amide bonds. The molecule has 2 rings (SSSR count). The smallest absolute Gasteiger partial charge is 0.182 e. The van der Waals surface area contributed by atoms with Gasteiger partial charge < -0.3 is 0 Å². The molecule has 0 aliphatic heterocycles. The molecule has 0 heterocycles. The second kappa shape index (κ2) is 4.63. The molecule has 0 saturated heterocycles. The molecular formula is C13H11BrO2S. The Bertz CT molecular complexity index is 675. The number of hydrogen-bond donors (Lipinski definition) is 0. The van der Waals surface area contributed by atoms with Crippen LogP contribution >= 0.6 is 15.9 Å². The summed E-state index contributed by atoms with van der Waals surface area (Å²) in [4.78, 5) is 0.363. The van der Waals surface area contributed by atoms with Crippen molar-refractivity contribution in [1.29, 1.82) is 0 Å². The molecule has 0 saturated carbocycles. The molecule has 0 aliphatic carbocycles. The first kappa shape index (κ1) is 12.3. The molecule has 17 heavy (non-hydrogen) atoms. The average molecular weight is 311 g/mol. The van der Waals surface area contributed by atoms with E-state index in [1.807, 2.05) is 24.3 Å². The summed E-state index contributed by atoms with van der Waals surface area (Å²) in [6.45, 7) is 3.48. The first-order valence-corrected chi connectivity index (χ1v) is 7.51. The SMILES string of the molecule is C=CCS(=O)(=O)c1cccc2cc(Br)ccc12. The van der Waals surface area contributed by atoms with Crippen molar-refractivity contribution in [2.24, 2.45) is 0 Å². The number of halogens is 1. The lowest BCUT2D eigenvalue weighted by Gasteiger charge is -2.06. The van der Waals surface area contributed by atoms with Gasteiger partial charge in [0.1, 0.15) is 0 Å². The van der Waals surface area contributed by atoms with Gasteiger partial charge in [-0.2, -0.15) is 0 Å². The van der Waals surface area contributed by atoms with Gasteiger partial charge in [-0.1, -0.05) is 40.2 Å². The van der Waals surface area contributed by atoms with Crippen LogP contribution in [0, 0.1) is 0 Å². The molecule has 0 aromatic heterocycles. The molecule has 2 nitrogen and oxygen atoms in total. The minimum absolute atomic E-state index is 0.0395. The zero-order valence-electron chi connectivity index (χ0n) is 9.06. The number of fused-ring (bicyclic) bond motifs is 1. The van der Waals surface area contributed by atoms with Gasteiger partial charge in [-0.25, -0.2) is 8.42 Å². The van der Waals surface area contributed by atoms with Gasteiger partial charge in [0.15, 0.2) is 9.84 Å². The van der Waals surface area contributed by atoms with Crippen molar-refractivity contribution in [2.75, 3.05) is 5.75 Å². The van der Waals surface area contributed by atoms with Crippen LogP contribution in [0.3, 0.4) is 0 Å². The highest BCUT2D eigenvalue weighted by atomic mass is 79.9. The fraction of sp³-hybridized carbons (Fsp3) is 0.0769. The predicted octanol–water partition coefficient (Wildman–Crippen LogP) is 3.56. The zero-order chi connectivity index (χ0) is 12.5. The third-order valence-electron chi connectivity index (χ3n) is 2.47. The van der Waals surface area contributed by atoms with Crippen molar-refractivity contribution in [3.8, 4) is 0 Å². The van der Waals surface area contributed by atoms with Gasteiger partial charge in [0.2, 0.25) is 0 Å². The maximum atomic E-state index is 12.0. The molecule has 2 aromatic rings. The van der Waals surface area contributed by atoms with E-state index in [4.69, 9.17) is 0 Å². The van der Waals surface area contributed by atoms with Crippen LogP contribution in [0.1, 0.15) is 0 Å². The second-order valence-electron chi connectivity index (χ2n) is 3.69. The Labute approximate surface area is 109 Å². The van der Waals surface area contributed by atoms with E-state index < -0.39 is 9.84 Å². The summed E-state index contributed by atoms with van der Waals surface area (Å²) in [5, 5.41) is 1.65. The molecule has 0 unspecified atom stereocenters. The Balaban J connectivity index is 2.75. The van der Waals surface area contributed by atoms with Crippen molar-refractivity contribution < 1.29 is 8.42 Å². The van der Waals surface area contributed by atoms with E-state index >= 15 is 0 Å². The lowest BCUT2D eigenvalue weighted by atomic mass is 10.1. The number of hydrogen-bond acceptors (Lipinski definition) is 2. The van der Waals surface area contributed by atoms with Gasteiger partial charge in [0.05, 0.1) is 10.6 Å². The fourth-order valence-corrected chi connectivity index (χ4v) is 3.42. The molecule has 0 bridgehead atoms.